The van der Waals surface area contributed by atoms with E-state index < -0.39 is 0 Å². The van der Waals surface area contributed by atoms with Crippen molar-refractivity contribution in [3.05, 3.63) is 10.6 Å². The van der Waals surface area contributed by atoms with Crippen LogP contribution in [-0.4, -0.2) is 30.3 Å². The number of hydrogen-bond donors (Lipinski definition) is 2. The van der Waals surface area contributed by atoms with E-state index in [1.165, 1.54) is 61.9 Å². The zero-order valence-corrected chi connectivity index (χ0v) is 15.3. The summed E-state index contributed by atoms with van der Waals surface area (Å²) in [4.78, 5) is 17.9. The van der Waals surface area contributed by atoms with Gasteiger partial charge in [-0.3, -0.25) is 5.32 Å². The van der Waals surface area contributed by atoms with Crippen LogP contribution in [0.2, 0.25) is 0 Å². The first-order valence-corrected chi connectivity index (χ1v) is 10.3. The number of ether oxygens (including phenoxy) is 1. The highest BCUT2D eigenvalue weighted by Gasteiger charge is 2.15. The maximum absolute atomic E-state index is 12.0. The lowest BCUT2D eigenvalue weighted by Gasteiger charge is -2.21. The van der Waals surface area contributed by atoms with Gasteiger partial charge in [-0.15, -0.1) is 11.3 Å². The molecule has 0 radical (unpaired) electrons. The van der Waals surface area contributed by atoms with Gasteiger partial charge >= 0.3 is 6.03 Å². The Labute approximate surface area is 148 Å². The number of urea groups is 1. The van der Waals surface area contributed by atoms with Crippen molar-refractivity contribution in [1.29, 1.82) is 0 Å². The minimum absolute atomic E-state index is 0.156. The predicted octanol–water partition coefficient (Wildman–Crippen LogP) is 4.27. The summed E-state index contributed by atoms with van der Waals surface area (Å²) >= 11 is 1.63. The third-order valence-corrected chi connectivity index (χ3v) is 5.90. The number of thiazole rings is 1. The summed E-state index contributed by atoms with van der Waals surface area (Å²) in [6.45, 7) is 1.38. The molecule has 3 rings (SSSR count). The molecule has 1 aromatic rings. The quantitative estimate of drug-likeness (QED) is 0.594. The smallest absolute Gasteiger partial charge is 0.321 e. The van der Waals surface area contributed by atoms with Crippen molar-refractivity contribution in [3.63, 3.8) is 0 Å². The fourth-order valence-electron chi connectivity index (χ4n) is 3.48. The molecule has 134 valence electrons. The molecule has 0 bridgehead atoms. The van der Waals surface area contributed by atoms with E-state index in [9.17, 15) is 4.79 Å². The summed E-state index contributed by atoms with van der Waals surface area (Å²) in [5.41, 5.74) is 1.19. The number of aryl methyl sites for hydroxylation is 2. The summed E-state index contributed by atoms with van der Waals surface area (Å²) < 4.78 is 5.87. The Kier molecular flexibility index (Phi) is 6.90. The number of nitrogens with one attached hydrogen (secondary N) is 2. The van der Waals surface area contributed by atoms with Crippen LogP contribution < -0.4 is 10.6 Å². The van der Waals surface area contributed by atoms with E-state index in [2.05, 4.69) is 15.6 Å². The fraction of sp³-hybridized carbons (Fsp3) is 0.778. The van der Waals surface area contributed by atoms with Crippen molar-refractivity contribution in [2.45, 2.75) is 76.7 Å². The van der Waals surface area contributed by atoms with E-state index in [0.717, 1.165) is 31.0 Å². The molecule has 0 atom stereocenters. The zero-order chi connectivity index (χ0) is 16.6. The molecule has 5 nitrogen and oxygen atoms in total. The van der Waals surface area contributed by atoms with Crippen molar-refractivity contribution in [2.75, 3.05) is 18.5 Å². The molecule has 0 unspecified atom stereocenters. The first-order chi connectivity index (χ1) is 11.8. The molecule has 1 aromatic heterocycles. The van der Waals surface area contributed by atoms with Gasteiger partial charge in [0, 0.05) is 18.0 Å². The lowest BCUT2D eigenvalue weighted by atomic mass is 9.98. The Hall–Kier alpha value is -1.14. The zero-order valence-electron chi connectivity index (χ0n) is 14.4. The first-order valence-electron chi connectivity index (χ1n) is 9.46. The van der Waals surface area contributed by atoms with Gasteiger partial charge < -0.3 is 10.1 Å². The monoisotopic (exact) mass is 351 g/mol. The van der Waals surface area contributed by atoms with Crippen LogP contribution in [0.3, 0.4) is 0 Å². The first kappa shape index (κ1) is 17.7. The summed E-state index contributed by atoms with van der Waals surface area (Å²) in [6.07, 6.45) is 13.5. The Bertz CT molecular complexity index is 503. The van der Waals surface area contributed by atoms with Gasteiger partial charge in [0.1, 0.15) is 0 Å². The van der Waals surface area contributed by atoms with E-state index in [4.69, 9.17) is 4.74 Å². The molecule has 0 saturated heterocycles. The Morgan fingerprint density at radius 1 is 1.12 bits per heavy atom. The molecular formula is C18H29N3O2S. The van der Waals surface area contributed by atoms with Crippen LogP contribution >= 0.6 is 11.3 Å². The number of carbonyl (C=O) groups excluding carboxylic acids is 1. The summed E-state index contributed by atoms with van der Waals surface area (Å²) in [5.74, 6) is 0. The van der Waals surface area contributed by atoms with Crippen LogP contribution in [0, 0.1) is 0 Å². The van der Waals surface area contributed by atoms with Crippen molar-refractivity contribution >= 4 is 22.5 Å². The second kappa shape index (κ2) is 9.37. The normalized spacial score (nSPS) is 18.7. The highest BCUT2D eigenvalue weighted by atomic mass is 32.1. The second-order valence-corrected chi connectivity index (χ2v) is 7.90. The van der Waals surface area contributed by atoms with Gasteiger partial charge in [0.2, 0.25) is 0 Å². The predicted molar refractivity (Wildman–Crippen MR) is 97.8 cm³/mol. The van der Waals surface area contributed by atoms with Gasteiger partial charge in [-0.05, 0) is 44.9 Å². The molecule has 1 saturated carbocycles. The minimum Gasteiger partial charge on any atom is -0.378 e. The van der Waals surface area contributed by atoms with Crippen LogP contribution in [-0.2, 0) is 17.6 Å². The molecule has 1 fully saturated rings. The highest BCUT2D eigenvalue weighted by Crippen LogP contribution is 2.28. The summed E-state index contributed by atoms with van der Waals surface area (Å²) in [7, 11) is 0. The molecule has 2 aliphatic carbocycles. The molecular weight excluding hydrogens is 322 g/mol. The Balaban J connectivity index is 1.31. The SMILES string of the molecule is O=C(NCCCOC1CCCCC1)Nc1nc2c(s1)CCCCC2. The maximum atomic E-state index is 12.0. The number of carbonyl (C=O) groups is 1. The molecule has 0 aliphatic heterocycles. The number of fused-ring (bicyclic) bond motifs is 1. The van der Waals surface area contributed by atoms with Crippen LogP contribution in [0.5, 0.6) is 0 Å². The fourth-order valence-corrected chi connectivity index (χ4v) is 4.52. The van der Waals surface area contributed by atoms with E-state index in [-0.39, 0.29) is 6.03 Å². The molecule has 1 heterocycles. The van der Waals surface area contributed by atoms with Crippen LogP contribution in [0.25, 0.3) is 0 Å². The van der Waals surface area contributed by atoms with Crippen molar-refractivity contribution in [1.82, 2.24) is 10.3 Å². The molecule has 2 N–H and O–H groups in total. The summed E-state index contributed by atoms with van der Waals surface area (Å²) in [6, 6.07) is -0.156. The summed E-state index contributed by atoms with van der Waals surface area (Å²) in [5, 5.41) is 6.51. The third-order valence-electron chi connectivity index (χ3n) is 4.83. The maximum Gasteiger partial charge on any atom is 0.321 e. The van der Waals surface area contributed by atoms with Gasteiger partial charge in [-0.25, -0.2) is 9.78 Å². The second-order valence-electron chi connectivity index (χ2n) is 6.81. The Morgan fingerprint density at radius 2 is 1.92 bits per heavy atom. The highest BCUT2D eigenvalue weighted by molar-refractivity contribution is 7.15. The van der Waals surface area contributed by atoms with E-state index in [0.29, 0.717) is 12.6 Å². The van der Waals surface area contributed by atoms with E-state index in [1.54, 1.807) is 11.3 Å². The number of rotatable bonds is 6. The third kappa shape index (κ3) is 5.45. The average molecular weight is 352 g/mol. The minimum atomic E-state index is -0.156. The van der Waals surface area contributed by atoms with Crippen LogP contribution in [0.4, 0.5) is 9.93 Å². The van der Waals surface area contributed by atoms with Crippen LogP contribution in [0.1, 0.15) is 68.4 Å². The van der Waals surface area contributed by atoms with Crippen molar-refractivity contribution in [2.24, 2.45) is 0 Å². The van der Waals surface area contributed by atoms with Crippen LogP contribution in [0.15, 0.2) is 0 Å². The van der Waals surface area contributed by atoms with E-state index in [1.807, 2.05) is 0 Å². The molecule has 0 spiro atoms. The standard InChI is InChI=1S/C18H29N3O2S/c22-17(19-12-7-13-23-14-8-3-1-4-9-14)21-18-20-15-10-5-2-6-11-16(15)24-18/h14H,1-13H2,(H2,19,20,21,22). The number of aromatic nitrogens is 1. The molecule has 2 amide bonds. The van der Waals surface area contributed by atoms with Gasteiger partial charge in [-0.1, -0.05) is 25.7 Å². The Morgan fingerprint density at radius 3 is 2.79 bits per heavy atom. The number of amides is 2. The van der Waals surface area contributed by atoms with Crippen molar-refractivity contribution < 1.29 is 9.53 Å². The number of nitrogens with zero attached hydrogens (tertiary/aromatic N) is 1. The van der Waals surface area contributed by atoms with Gasteiger partial charge in [0.15, 0.2) is 5.13 Å². The average Bonchev–Trinajstić information content (AvgIpc) is 2.83. The van der Waals surface area contributed by atoms with Gasteiger partial charge in [0.25, 0.3) is 0 Å². The lowest BCUT2D eigenvalue weighted by molar-refractivity contribution is 0.0276. The molecule has 6 heteroatoms. The molecule has 0 aromatic carbocycles. The van der Waals surface area contributed by atoms with Gasteiger partial charge in [-0.2, -0.15) is 0 Å². The van der Waals surface area contributed by atoms with E-state index >= 15 is 0 Å². The topological polar surface area (TPSA) is 63.2 Å². The molecule has 24 heavy (non-hydrogen) atoms. The largest absolute Gasteiger partial charge is 0.378 e. The number of hydrogen-bond acceptors (Lipinski definition) is 4. The van der Waals surface area contributed by atoms with Crippen molar-refractivity contribution in [3.8, 4) is 0 Å². The lowest BCUT2D eigenvalue weighted by Crippen LogP contribution is -2.30. The van der Waals surface area contributed by atoms with Gasteiger partial charge in [0.05, 0.1) is 11.8 Å². The number of anilines is 1. The molecule has 2 aliphatic rings.